The quantitative estimate of drug-likeness (QED) is 0.831. The van der Waals surface area contributed by atoms with Crippen molar-refractivity contribution >= 4 is 11.9 Å². The van der Waals surface area contributed by atoms with Crippen LogP contribution in [0.25, 0.3) is 0 Å². The highest BCUT2D eigenvalue weighted by atomic mass is 16.3. The zero-order valence-electron chi connectivity index (χ0n) is 13.5. The number of aromatic hydroxyl groups is 1. The van der Waals surface area contributed by atoms with Gasteiger partial charge in [-0.25, -0.2) is 4.79 Å². The average Bonchev–Trinajstić information content (AvgIpc) is 2.85. The lowest BCUT2D eigenvalue weighted by molar-refractivity contribution is -0.130. The van der Waals surface area contributed by atoms with E-state index >= 15 is 0 Å². The summed E-state index contributed by atoms with van der Waals surface area (Å²) in [7, 11) is 0. The summed E-state index contributed by atoms with van der Waals surface area (Å²) in [4.78, 5) is 27.0. The van der Waals surface area contributed by atoms with Gasteiger partial charge in [0.15, 0.2) is 5.54 Å². The monoisotopic (exact) mass is 324 g/mol. The second-order valence-electron chi connectivity index (χ2n) is 5.91. The SMILES string of the molecule is CCCCN1C(=O)NC(c2ccccc2)(c2cccc(O)c2)C1=O. The van der Waals surface area contributed by atoms with Gasteiger partial charge in [0, 0.05) is 6.54 Å². The molecule has 5 nitrogen and oxygen atoms in total. The molecule has 2 N–H and O–H groups in total. The molecule has 3 rings (SSSR count). The topological polar surface area (TPSA) is 69.6 Å². The van der Waals surface area contributed by atoms with E-state index in [-0.39, 0.29) is 11.7 Å². The van der Waals surface area contributed by atoms with Crippen molar-refractivity contribution in [3.8, 4) is 5.75 Å². The molecule has 5 heteroatoms. The summed E-state index contributed by atoms with van der Waals surface area (Å²) >= 11 is 0. The van der Waals surface area contributed by atoms with Crippen LogP contribution in [-0.4, -0.2) is 28.5 Å². The Labute approximate surface area is 140 Å². The minimum Gasteiger partial charge on any atom is -0.508 e. The van der Waals surface area contributed by atoms with Crippen LogP contribution >= 0.6 is 0 Å². The number of rotatable bonds is 5. The standard InChI is InChI=1S/C19H20N2O3/c1-2-3-12-21-17(23)19(20-18(21)24,14-8-5-4-6-9-14)15-10-7-11-16(22)13-15/h4-11,13,22H,2-3,12H2,1H3,(H,20,24). The highest BCUT2D eigenvalue weighted by molar-refractivity contribution is 6.09. The van der Waals surface area contributed by atoms with Crippen LogP contribution < -0.4 is 5.32 Å². The molecule has 1 unspecified atom stereocenters. The van der Waals surface area contributed by atoms with E-state index in [0.717, 1.165) is 12.8 Å². The maximum absolute atomic E-state index is 13.2. The molecule has 2 aromatic carbocycles. The van der Waals surface area contributed by atoms with Crippen molar-refractivity contribution in [3.05, 3.63) is 65.7 Å². The van der Waals surface area contributed by atoms with Gasteiger partial charge in [-0.2, -0.15) is 0 Å². The maximum atomic E-state index is 13.2. The van der Waals surface area contributed by atoms with Crippen molar-refractivity contribution in [2.75, 3.05) is 6.54 Å². The Bertz CT molecular complexity index is 760. The van der Waals surface area contributed by atoms with Gasteiger partial charge in [-0.3, -0.25) is 9.69 Å². The molecule has 24 heavy (non-hydrogen) atoms. The van der Waals surface area contributed by atoms with E-state index in [0.29, 0.717) is 17.7 Å². The normalized spacial score (nSPS) is 20.3. The van der Waals surface area contributed by atoms with E-state index < -0.39 is 11.6 Å². The van der Waals surface area contributed by atoms with Crippen molar-refractivity contribution < 1.29 is 14.7 Å². The largest absolute Gasteiger partial charge is 0.508 e. The first-order valence-corrected chi connectivity index (χ1v) is 8.08. The van der Waals surface area contributed by atoms with Crippen molar-refractivity contribution in [2.45, 2.75) is 25.3 Å². The summed E-state index contributed by atoms with van der Waals surface area (Å²) < 4.78 is 0. The lowest BCUT2D eigenvalue weighted by atomic mass is 9.82. The molecular weight excluding hydrogens is 304 g/mol. The first-order valence-electron chi connectivity index (χ1n) is 8.08. The predicted molar refractivity (Wildman–Crippen MR) is 90.5 cm³/mol. The van der Waals surface area contributed by atoms with Gasteiger partial charge in [0.1, 0.15) is 5.75 Å². The Balaban J connectivity index is 2.14. The molecule has 1 aliphatic rings. The highest BCUT2D eigenvalue weighted by Crippen LogP contribution is 2.37. The first-order chi connectivity index (χ1) is 11.6. The van der Waals surface area contributed by atoms with Gasteiger partial charge >= 0.3 is 6.03 Å². The summed E-state index contributed by atoms with van der Waals surface area (Å²) in [5.41, 5.74) is -0.0795. The number of carbonyl (C=O) groups is 2. The molecule has 1 atom stereocenters. The van der Waals surface area contributed by atoms with Gasteiger partial charge in [0.25, 0.3) is 5.91 Å². The number of imide groups is 1. The fourth-order valence-electron chi connectivity index (χ4n) is 3.08. The van der Waals surface area contributed by atoms with Gasteiger partial charge < -0.3 is 10.4 Å². The highest BCUT2D eigenvalue weighted by Gasteiger charge is 2.53. The second-order valence-corrected chi connectivity index (χ2v) is 5.91. The van der Waals surface area contributed by atoms with Crippen LogP contribution in [0.3, 0.4) is 0 Å². The Morgan fingerprint density at radius 2 is 1.75 bits per heavy atom. The average molecular weight is 324 g/mol. The molecule has 0 spiro atoms. The van der Waals surface area contributed by atoms with Crippen molar-refractivity contribution in [3.63, 3.8) is 0 Å². The third-order valence-electron chi connectivity index (χ3n) is 4.33. The summed E-state index contributed by atoms with van der Waals surface area (Å²) in [6.45, 7) is 2.40. The Morgan fingerprint density at radius 1 is 1.04 bits per heavy atom. The van der Waals surface area contributed by atoms with Gasteiger partial charge in [-0.1, -0.05) is 55.8 Å². The van der Waals surface area contributed by atoms with E-state index in [4.69, 9.17) is 0 Å². The molecule has 2 aromatic rings. The van der Waals surface area contributed by atoms with Crippen molar-refractivity contribution in [2.24, 2.45) is 0 Å². The van der Waals surface area contributed by atoms with E-state index in [1.165, 1.54) is 17.0 Å². The number of benzene rings is 2. The number of amides is 3. The van der Waals surface area contributed by atoms with E-state index in [1.54, 1.807) is 12.1 Å². The predicted octanol–water partition coefficient (Wildman–Crippen LogP) is 2.99. The number of unbranched alkanes of at least 4 members (excludes halogenated alkanes) is 1. The summed E-state index contributed by atoms with van der Waals surface area (Å²) in [5, 5.41) is 12.7. The van der Waals surface area contributed by atoms with Crippen LogP contribution in [0.2, 0.25) is 0 Å². The van der Waals surface area contributed by atoms with Gasteiger partial charge in [-0.05, 0) is 29.7 Å². The smallest absolute Gasteiger partial charge is 0.325 e. The van der Waals surface area contributed by atoms with Crippen molar-refractivity contribution in [1.82, 2.24) is 10.2 Å². The maximum Gasteiger partial charge on any atom is 0.325 e. The first kappa shape index (κ1) is 16.1. The molecule has 124 valence electrons. The molecule has 1 fully saturated rings. The minimum atomic E-state index is -1.30. The number of carbonyl (C=O) groups excluding carboxylic acids is 2. The number of hydrogen-bond donors (Lipinski definition) is 2. The third kappa shape index (κ3) is 2.52. The molecule has 0 bridgehead atoms. The lowest BCUT2D eigenvalue weighted by Crippen LogP contribution is -2.45. The van der Waals surface area contributed by atoms with Crippen LogP contribution in [0, 0.1) is 0 Å². The molecule has 0 aromatic heterocycles. The van der Waals surface area contributed by atoms with Gasteiger partial charge in [0.05, 0.1) is 0 Å². The number of phenolic OH excluding ortho intramolecular Hbond substituents is 1. The molecule has 0 saturated carbocycles. The molecule has 1 saturated heterocycles. The lowest BCUT2D eigenvalue weighted by Gasteiger charge is -2.28. The summed E-state index contributed by atoms with van der Waals surface area (Å²) in [6.07, 6.45) is 1.64. The van der Waals surface area contributed by atoms with Gasteiger partial charge in [-0.15, -0.1) is 0 Å². The summed E-state index contributed by atoms with van der Waals surface area (Å²) in [6, 6.07) is 15.2. The summed E-state index contributed by atoms with van der Waals surface area (Å²) in [5.74, 6) is -0.255. The van der Waals surface area contributed by atoms with Crippen molar-refractivity contribution in [1.29, 1.82) is 0 Å². The fraction of sp³-hybridized carbons (Fsp3) is 0.263. The number of urea groups is 1. The molecule has 1 heterocycles. The molecule has 1 aliphatic heterocycles. The Morgan fingerprint density at radius 3 is 2.42 bits per heavy atom. The van der Waals surface area contributed by atoms with E-state index in [2.05, 4.69) is 5.32 Å². The fourth-order valence-corrected chi connectivity index (χ4v) is 3.08. The van der Waals surface area contributed by atoms with Crippen LogP contribution in [0.4, 0.5) is 4.79 Å². The number of hydrogen-bond acceptors (Lipinski definition) is 3. The van der Waals surface area contributed by atoms with Crippen LogP contribution in [0.5, 0.6) is 5.75 Å². The van der Waals surface area contributed by atoms with E-state index in [1.807, 2.05) is 37.3 Å². The van der Waals surface area contributed by atoms with Crippen LogP contribution in [-0.2, 0) is 10.3 Å². The molecule has 3 amide bonds. The molecule has 0 radical (unpaired) electrons. The zero-order chi connectivity index (χ0) is 17.2. The van der Waals surface area contributed by atoms with Crippen LogP contribution in [0.1, 0.15) is 30.9 Å². The molecule has 0 aliphatic carbocycles. The minimum absolute atomic E-state index is 0.0527. The van der Waals surface area contributed by atoms with E-state index in [9.17, 15) is 14.7 Å². The number of nitrogens with zero attached hydrogens (tertiary/aromatic N) is 1. The Hall–Kier alpha value is -2.82. The number of nitrogens with one attached hydrogen (secondary N) is 1. The second kappa shape index (κ2) is 6.35. The number of phenols is 1. The Kier molecular flexibility index (Phi) is 4.25. The third-order valence-corrected chi connectivity index (χ3v) is 4.33. The molecular formula is C19H20N2O3. The van der Waals surface area contributed by atoms with Gasteiger partial charge in [0.2, 0.25) is 0 Å². The van der Waals surface area contributed by atoms with Crippen LogP contribution in [0.15, 0.2) is 54.6 Å². The zero-order valence-corrected chi connectivity index (χ0v) is 13.5.